The number of halogens is 1. The standard InChI is InChI=1S/C14H20FNO2/c1-8-4-14(13(16)7-12(8)15)18-11-5-9(2)17-10(3)6-11/h4,7,9-11H,5-6,16H2,1-3H3. The van der Waals surface area contributed by atoms with Crippen molar-refractivity contribution in [3.05, 3.63) is 23.5 Å². The predicted octanol–water partition coefficient (Wildman–Crippen LogP) is 3.05. The van der Waals surface area contributed by atoms with Gasteiger partial charge in [-0.05, 0) is 32.4 Å². The molecule has 0 aliphatic carbocycles. The molecule has 3 nitrogen and oxygen atoms in total. The summed E-state index contributed by atoms with van der Waals surface area (Å²) in [5.74, 6) is 0.272. The maximum atomic E-state index is 13.3. The highest BCUT2D eigenvalue weighted by molar-refractivity contribution is 5.54. The normalized spacial score (nSPS) is 28.1. The summed E-state index contributed by atoms with van der Waals surface area (Å²) in [6.45, 7) is 5.77. The maximum absolute atomic E-state index is 13.3. The van der Waals surface area contributed by atoms with Crippen molar-refractivity contribution < 1.29 is 13.9 Å². The molecule has 1 aliphatic rings. The van der Waals surface area contributed by atoms with Crippen molar-refractivity contribution in [3.8, 4) is 5.75 Å². The third kappa shape index (κ3) is 2.93. The Hall–Kier alpha value is -1.29. The number of hydrogen-bond acceptors (Lipinski definition) is 3. The van der Waals surface area contributed by atoms with Crippen LogP contribution in [0.5, 0.6) is 5.75 Å². The van der Waals surface area contributed by atoms with E-state index in [4.69, 9.17) is 15.2 Å². The van der Waals surface area contributed by atoms with Gasteiger partial charge in [-0.15, -0.1) is 0 Å². The zero-order valence-corrected chi connectivity index (χ0v) is 11.1. The Kier molecular flexibility index (Phi) is 3.76. The second-order valence-corrected chi connectivity index (χ2v) is 5.11. The summed E-state index contributed by atoms with van der Waals surface area (Å²) >= 11 is 0. The summed E-state index contributed by atoms with van der Waals surface area (Å²) < 4.78 is 24.9. The fourth-order valence-electron chi connectivity index (χ4n) is 2.39. The number of anilines is 1. The zero-order chi connectivity index (χ0) is 13.3. The molecule has 0 bridgehead atoms. The van der Waals surface area contributed by atoms with Crippen LogP contribution in [0.25, 0.3) is 0 Å². The number of nitrogens with two attached hydrogens (primary N) is 1. The van der Waals surface area contributed by atoms with E-state index in [1.165, 1.54) is 6.07 Å². The van der Waals surface area contributed by atoms with E-state index in [0.29, 0.717) is 17.0 Å². The van der Waals surface area contributed by atoms with E-state index in [0.717, 1.165) is 12.8 Å². The number of ether oxygens (including phenoxy) is 2. The molecule has 0 spiro atoms. The number of aryl methyl sites for hydroxylation is 1. The van der Waals surface area contributed by atoms with Gasteiger partial charge in [-0.25, -0.2) is 4.39 Å². The van der Waals surface area contributed by atoms with Gasteiger partial charge in [0.2, 0.25) is 0 Å². The van der Waals surface area contributed by atoms with Crippen molar-refractivity contribution in [2.45, 2.75) is 51.9 Å². The van der Waals surface area contributed by atoms with Gasteiger partial charge in [-0.2, -0.15) is 0 Å². The Labute approximate surface area is 107 Å². The molecule has 2 rings (SSSR count). The minimum absolute atomic E-state index is 0.0795. The lowest BCUT2D eigenvalue weighted by Crippen LogP contribution is -2.35. The Balaban J connectivity index is 2.11. The van der Waals surface area contributed by atoms with E-state index in [1.54, 1.807) is 13.0 Å². The van der Waals surface area contributed by atoms with E-state index in [-0.39, 0.29) is 24.1 Å². The maximum Gasteiger partial charge on any atom is 0.143 e. The van der Waals surface area contributed by atoms with Gasteiger partial charge in [-0.1, -0.05) is 0 Å². The van der Waals surface area contributed by atoms with Crippen LogP contribution in [-0.4, -0.2) is 18.3 Å². The first kappa shape index (κ1) is 13.1. The summed E-state index contributed by atoms with van der Waals surface area (Å²) in [5.41, 5.74) is 6.68. The van der Waals surface area contributed by atoms with Gasteiger partial charge in [0.1, 0.15) is 17.7 Å². The second kappa shape index (κ2) is 5.14. The molecule has 2 atom stereocenters. The monoisotopic (exact) mass is 253 g/mol. The topological polar surface area (TPSA) is 44.5 Å². The first-order chi connectivity index (χ1) is 8.45. The number of benzene rings is 1. The van der Waals surface area contributed by atoms with Crippen molar-refractivity contribution in [2.24, 2.45) is 0 Å². The van der Waals surface area contributed by atoms with Crippen LogP contribution in [0.2, 0.25) is 0 Å². The van der Waals surface area contributed by atoms with Gasteiger partial charge in [0.15, 0.2) is 0 Å². The molecule has 100 valence electrons. The smallest absolute Gasteiger partial charge is 0.143 e. The molecular formula is C14H20FNO2. The van der Waals surface area contributed by atoms with E-state index in [1.807, 2.05) is 13.8 Å². The van der Waals surface area contributed by atoms with Crippen molar-refractivity contribution in [2.75, 3.05) is 5.73 Å². The van der Waals surface area contributed by atoms with Crippen LogP contribution in [0.3, 0.4) is 0 Å². The van der Waals surface area contributed by atoms with Gasteiger partial charge in [0.25, 0.3) is 0 Å². The van der Waals surface area contributed by atoms with Crippen LogP contribution < -0.4 is 10.5 Å². The lowest BCUT2D eigenvalue weighted by atomic mass is 10.0. The molecular weight excluding hydrogens is 233 g/mol. The highest BCUT2D eigenvalue weighted by Crippen LogP contribution is 2.29. The van der Waals surface area contributed by atoms with Crippen molar-refractivity contribution in [3.63, 3.8) is 0 Å². The van der Waals surface area contributed by atoms with Gasteiger partial charge in [-0.3, -0.25) is 0 Å². The largest absolute Gasteiger partial charge is 0.488 e. The molecule has 1 fully saturated rings. The summed E-state index contributed by atoms with van der Waals surface area (Å²) in [4.78, 5) is 0. The Morgan fingerprint density at radius 3 is 2.50 bits per heavy atom. The van der Waals surface area contributed by atoms with Gasteiger partial charge >= 0.3 is 0 Å². The fraction of sp³-hybridized carbons (Fsp3) is 0.571. The van der Waals surface area contributed by atoms with Crippen LogP contribution in [0.15, 0.2) is 12.1 Å². The van der Waals surface area contributed by atoms with Crippen LogP contribution in [0.4, 0.5) is 10.1 Å². The first-order valence-electron chi connectivity index (χ1n) is 6.33. The van der Waals surface area contributed by atoms with Gasteiger partial charge in [0.05, 0.1) is 17.9 Å². The summed E-state index contributed by atoms with van der Waals surface area (Å²) in [5, 5.41) is 0. The summed E-state index contributed by atoms with van der Waals surface area (Å²) in [6, 6.07) is 2.98. The molecule has 0 aromatic heterocycles. The van der Waals surface area contributed by atoms with E-state index in [9.17, 15) is 4.39 Å². The molecule has 1 heterocycles. The van der Waals surface area contributed by atoms with Crippen LogP contribution in [-0.2, 0) is 4.74 Å². The van der Waals surface area contributed by atoms with Crippen molar-refractivity contribution in [1.82, 2.24) is 0 Å². The third-order valence-electron chi connectivity index (χ3n) is 3.24. The number of nitrogen functional groups attached to an aromatic ring is 1. The average Bonchev–Trinajstić information content (AvgIpc) is 2.24. The fourth-order valence-corrected chi connectivity index (χ4v) is 2.39. The molecule has 1 saturated heterocycles. The summed E-state index contributed by atoms with van der Waals surface area (Å²) in [7, 11) is 0. The van der Waals surface area contributed by atoms with Gasteiger partial charge in [0, 0.05) is 18.9 Å². The molecule has 4 heteroatoms. The molecule has 2 N–H and O–H groups in total. The third-order valence-corrected chi connectivity index (χ3v) is 3.24. The number of hydrogen-bond donors (Lipinski definition) is 1. The van der Waals surface area contributed by atoms with Crippen LogP contribution in [0.1, 0.15) is 32.3 Å². The molecule has 1 aromatic carbocycles. The molecule has 1 aliphatic heterocycles. The first-order valence-corrected chi connectivity index (χ1v) is 6.33. The Morgan fingerprint density at radius 1 is 1.28 bits per heavy atom. The molecule has 2 unspecified atom stereocenters. The predicted molar refractivity (Wildman–Crippen MR) is 69.2 cm³/mol. The molecule has 1 aromatic rings. The SMILES string of the molecule is Cc1cc(OC2CC(C)OC(C)C2)c(N)cc1F. The lowest BCUT2D eigenvalue weighted by Gasteiger charge is -2.32. The van der Waals surface area contributed by atoms with E-state index in [2.05, 4.69) is 0 Å². The molecule has 18 heavy (non-hydrogen) atoms. The molecule has 0 saturated carbocycles. The summed E-state index contributed by atoms with van der Waals surface area (Å²) in [6.07, 6.45) is 2.11. The Bertz CT molecular complexity index is 426. The zero-order valence-electron chi connectivity index (χ0n) is 11.1. The minimum atomic E-state index is -0.298. The quantitative estimate of drug-likeness (QED) is 0.824. The van der Waals surface area contributed by atoms with E-state index >= 15 is 0 Å². The van der Waals surface area contributed by atoms with Crippen molar-refractivity contribution >= 4 is 5.69 Å². The highest BCUT2D eigenvalue weighted by atomic mass is 19.1. The minimum Gasteiger partial charge on any atom is -0.488 e. The second-order valence-electron chi connectivity index (χ2n) is 5.11. The number of rotatable bonds is 2. The highest BCUT2D eigenvalue weighted by Gasteiger charge is 2.26. The lowest BCUT2D eigenvalue weighted by molar-refractivity contribution is -0.0720. The van der Waals surface area contributed by atoms with Gasteiger partial charge < -0.3 is 15.2 Å². The van der Waals surface area contributed by atoms with Crippen LogP contribution in [0, 0.1) is 12.7 Å². The van der Waals surface area contributed by atoms with Crippen LogP contribution >= 0.6 is 0 Å². The van der Waals surface area contributed by atoms with Crippen molar-refractivity contribution in [1.29, 1.82) is 0 Å². The molecule has 0 radical (unpaired) electrons. The average molecular weight is 253 g/mol. The molecule has 0 amide bonds. The Morgan fingerprint density at radius 2 is 1.89 bits per heavy atom. The van der Waals surface area contributed by atoms with E-state index < -0.39 is 0 Å².